The molecule has 2 rings (SSSR count). The highest BCUT2D eigenvalue weighted by molar-refractivity contribution is 5.80. The third-order valence-corrected chi connectivity index (χ3v) is 4.62. The first-order valence-electron chi connectivity index (χ1n) is 8.92. The Labute approximate surface area is 153 Å². The summed E-state index contributed by atoms with van der Waals surface area (Å²) in [6.45, 7) is 5.81. The number of halogens is 1. The monoisotopic (exact) mass is 363 g/mol. The molecule has 1 aromatic rings. The lowest BCUT2D eigenvalue weighted by molar-refractivity contribution is -0.138. The summed E-state index contributed by atoms with van der Waals surface area (Å²) in [4.78, 5) is 39.1. The van der Waals surface area contributed by atoms with Crippen LogP contribution in [0.1, 0.15) is 25.8 Å². The topological polar surface area (TPSA) is 69.7 Å². The molecule has 1 fully saturated rings. The number of hydrogen-bond acceptors (Lipinski definition) is 3. The van der Waals surface area contributed by atoms with Crippen molar-refractivity contribution in [3.8, 4) is 0 Å². The maximum absolute atomic E-state index is 12.9. The van der Waals surface area contributed by atoms with Gasteiger partial charge >= 0.3 is 0 Å². The van der Waals surface area contributed by atoms with Crippen molar-refractivity contribution in [1.82, 2.24) is 15.1 Å². The molecule has 1 aliphatic rings. The summed E-state index contributed by atoms with van der Waals surface area (Å²) in [6, 6.07) is 6.10. The predicted molar refractivity (Wildman–Crippen MR) is 95.7 cm³/mol. The van der Waals surface area contributed by atoms with Crippen LogP contribution in [0.15, 0.2) is 24.3 Å². The largest absolute Gasteiger partial charge is 0.355 e. The Bertz CT molecular complexity index is 640. The van der Waals surface area contributed by atoms with Gasteiger partial charge in [-0.1, -0.05) is 19.1 Å². The molecule has 142 valence electrons. The molecule has 0 saturated carbocycles. The number of benzene rings is 1. The Morgan fingerprint density at radius 3 is 2.23 bits per heavy atom. The van der Waals surface area contributed by atoms with Crippen molar-refractivity contribution in [2.24, 2.45) is 5.92 Å². The minimum absolute atomic E-state index is 0.0142. The van der Waals surface area contributed by atoms with Crippen molar-refractivity contribution >= 4 is 17.7 Å². The smallest absolute Gasteiger partial charge is 0.224 e. The van der Waals surface area contributed by atoms with Gasteiger partial charge in [-0.2, -0.15) is 0 Å². The first-order valence-corrected chi connectivity index (χ1v) is 8.92. The van der Waals surface area contributed by atoms with E-state index >= 15 is 0 Å². The van der Waals surface area contributed by atoms with E-state index in [2.05, 4.69) is 5.32 Å². The van der Waals surface area contributed by atoms with Gasteiger partial charge in [0.1, 0.15) is 5.82 Å². The lowest BCUT2D eigenvalue weighted by Gasteiger charge is -2.34. The van der Waals surface area contributed by atoms with Crippen LogP contribution >= 0.6 is 0 Å². The highest BCUT2D eigenvalue weighted by Crippen LogP contribution is 2.10. The summed E-state index contributed by atoms with van der Waals surface area (Å²) >= 11 is 0. The standard InChI is InChI=1S/C19H26FN3O3/c1-14(13-16-3-5-17(20)6-4-16)19(26)21-8-7-18(25)23-11-9-22(10-12-23)15(2)24/h3-6,14H,7-13H2,1-2H3,(H,21,26). The van der Waals surface area contributed by atoms with Crippen molar-refractivity contribution in [2.45, 2.75) is 26.7 Å². The van der Waals surface area contributed by atoms with E-state index in [0.29, 0.717) is 39.1 Å². The molecule has 1 heterocycles. The molecule has 0 aromatic heterocycles. The molecule has 26 heavy (non-hydrogen) atoms. The molecule has 1 unspecified atom stereocenters. The zero-order chi connectivity index (χ0) is 19.1. The van der Waals surface area contributed by atoms with Crippen molar-refractivity contribution < 1.29 is 18.8 Å². The summed E-state index contributed by atoms with van der Waals surface area (Å²) in [5.74, 6) is -0.661. The molecule has 7 heteroatoms. The number of piperazine rings is 1. The Hall–Kier alpha value is -2.44. The number of carbonyl (C=O) groups is 3. The second kappa shape index (κ2) is 9.31. The second-order valence-electron chi connectivity index (χ2n) is 6.66. The predicted octanol–water partition coefficient (Wildman–Crippen LogP) is 1.20. The zero-order valence-electron chi connectivity index (χ0n) is 15.3. The average molecular weight is 363 g/mol. The van der Waals surface area contributed by atoms with E-state index in [1.807, 2.05) is 6.92 Å². The van der Waals surface area contributed by atoms with E-state index in [4.69, 9.17) is 0 Å². The van der Waals surface area contributed by atoms with Gasteiger partial charge in [-0.25, -0.2) is 4.39 Å². The highest BCUT2D eigenvalue weighted by Gasteiger charge is 2.22. The molecule has 0 spiro atoms. The molecular formula is C19H26FN3O3. The molecule has 0 bridgehead atoms. The van der Waals surface area contributed by atoms with Crippen LogP contribution < -0.4 is 5.32 Å². The van der Waals surface area contributed by atoms with Crippen molar-refractivity contribution in [1.29, 1.82) is 0 Å². The average Bonchev–Trinajstić information content (AvgIpc) is 2.63. The molecule has 1 saturated heterocycles. The molecule has 1 atom stereocenters. The molecule has 1 aromatic carbocycles. The van der Waals surface area contributed by atoms with E-state index < -0.39 is 0 Å². The minimum atomic E-state index is -0.298. The second-order valence-corrected chi connectivity index (χ2v) is 6.66. The van der Waals surface area contributed by atoms with Crippen LogP contribution in [-0.2, 0) is 20.8 Å². The number of nitrogens with one attached hydrogen (secondary N) is 1. The molecule has 1 aliphatic heterocycles. The maximum atomic E-state index is 12.9. The van der Waals surface area contributed by atoms with Gasteiger partial charge in [0, 0.05) is 52.0 Å². The van der Waals surface area contributed by atoms with Crippen LogP contribution in [0, 0.1) is 11.7 Å². The first-order chi connectivity index (χ1) is 12.4. The van der Waals surface area contributed by atoms with Gasteiger partial charge in [-0.3, -0.25) is 14.4 Å². The third kappa shape index (κ3) is 5.82. The Kier molecular flexibility index (Phi) is 7.12. The molecule has 0 radical (unpaired) electrons. The van der Waals surface area contributed by atoms with Crippen LogP contribution in [-0.4, -0.2) is 60.2 Å². The van der Waals surface area contributed by atoms with Gasteiger partial charge in [-0.05, 0) is 24.1 Å². The molecule has 0 aliphatic carbocycles. The quantitative estimate of drug-likeness (QED) is 0.826. The number of amides is 3. The van der Waals surface area contributed by atoms with Crippen LogP contribution in [0.5, 0.6) is 0 Å². The van der Waals surface area contributed by atoms with Crippen LogP contribution in [0.25, 0.3) is 0 Å². The van der Waals surface area contributed by atoms with Gasteiger partial charge in [0.05, 0.1) is 0 Å². The Morgan fingerprint density at radius 2 is 1.65 bits per heavy atom. The zero-order valence-corrected chi connectivity index (χ0v) is 15.3. The lowest BCUT2D eigenvalue weighted by atomic mass is 10.0. The fourth-order valence-corrected chi connectivity index (χ4v) is 2.96. The Balaban J connectivity index is 1.68. The van der Waals surface area contributed by atoms with Gasteiger partial charge in [0.15, 0.2) is 0 Å². The summed E-state index contributed by atoms with van der Waals surface area (Å²) in [5, 5.41) is 2.79. The molecular weight excluding hydrogens is 337 g/mol. The van der Waals surface area contributed by atoms with Crippen molar-refractivity contribution in [3.63, 3.8) is 0 Å². The molecule has 6 nitrogen and oxygen atoms in total. The summed E-state index contributed by atoms with van der Waals surface area (Å²) in [5.41, 5.74) is 0.897. The maximum Gasteiger partial charge on any atom is 0.224 e. The minimum Gasteiger partial charge on any atom is -0.355 e. The molecule has 1 N–H and O–H groups in total. The van der Waals surface area contributed by atoms with E-state index in [9.17, 15) is 18.8 Å². The fourth-order valence-electron chi connectivity index (χ4n) is 2.96. The van der Waals surface area contributed by atoms with Crippen molar-refractivity contribution in [3.05, 3.63) is 35.6 Å². The number of hydrogen-bond donors (Lipinski definition) is 1. The summed E-state index contributed by atoms with van der Waals surface area (Å²) in [7, 11) is 0. The van der Waals surface area contributed by atoms with E-state index in [-0.39, 0.29) is 35.9 Å². The van der Waals surface area contributed by atoms with E-state index in [0.717, 1.165) is 5.56 Å². The van der Waals surface area contributed by atoms with Crippen molar-refractivity contribution in [2.75, 3.05) is 32.7 Å². The van der Waals surface area contributed by atoms with Gasteiger partial charge in [0.2, 0.25) is 17.7 Å². The highest BCUT2D eigenvalue weighted by atomic mass is 19.1. The summed E-state index contributed by atoms with van der Waals surface area (Å²) in [6.07, 6.45) is 0.766. The normalized spacial score (nSPS) is 15.5. The van der Waals surface area contributed by atoms with Crippen LogP contribution in [0.4, 0.5) is 4.39 Å². The van der Waals surface area contributed by atoms with E-state index in [1.165, 1.54) is 19.1 Å². The fraction of sp³-hybridized carbons (Fsp3) is 0.526. The van der Waals surface area contributed by atoms with Gasteiger partial charge < -0.3 is 15.1 Å². The lowest BCUT2D eigenvalue weighted by Crippen LogP contribution is -2.50. The summed E-state index contributed by atoms with van der Waals surface area (Å²) < 4.78 is 12.9. The van der Waals surface area contributed by atoms with Gasteiger partial charge in [-0.15, -0.1) is 0 Å². The number of nitrogens with zero attached hydrogens (tertiary/aromatic N) is 2. The number of rotatable bonds is 6. The van der Waals surface area contributed by atoms with Crippen LogP contribution in [0.2, 0.25) is 0 Å². The SMILES string of the molecule is CC(=O)N1CCN(C(=O)CCNC(=O)C(C)Cc2ccc(F)cc2)CC1. The van der Waals surface area contributed by atoms with Crippen LogP contribution in [0.3, 0.4) is 0 Å². The Morgan fingerprint density at radius 1 is 1.08 bits per heavy atom. The van der Waals surface area contributed by atoms with E-state index in [1.54, 1.807) is 21.9 Å². The third-order valence-electron chi connectivity index (χ3n) is 4.62. The molecule has 3 amide bonds. The first kappa shape index (κ1) is 19.9. The van der Waals surface area contributed by atoms with Gasteiger partial charge in [0.25, 0.3) is 0 Å². The number of carbonyl (C=O) groups excluding carboxylic acids is 3.